The van der Waals surface area contributed by atoms with Crippen molar-refractivity contribution in [1.29, 1.82) is 5.41 Å². The summed E-state index contributed by atoms with van der Waals surface area (Å²) in [6.45, 7) is 4.77. The molecular formula is C20H30Cl2N6O3. The molecule has 3 aromatic rings. The average molecular weight is 473 g/mol. The van der Waals surface area contributed by atoms with Gasteiger partial charge < -0.3 is 31.9 Å². The maximum atomic E-state index is 12.6. The second-order valence-corrected chi connectivity index (χ2v) is 6.43. The number of nitrogens with one attached hydrogen (secondary N) is 3. The van der Waals surface area contributed by atoms with Crippen molar-refractivity contribution in [2.75, 3.05) is 11.9 Å². The third-order valence-corrected chi connectivity index (χ3v) is 4.61. The molecule has 0 aliphatic rings. The monoisotopic (exact) mass is 472 g/mol. The van der Waals surface area contributed by atoms with E-state index in [-0.39, 0.29) is 53.7 Å². The van der Waals surface area contributed by atoms with Gasteiger partial charge in [-0.3, -0.25) is 10.2 Å². The Labute approximate surface area is 193 Å². The van der Waals surface area contributed by atoms with Crippen molar-refractivity contribution in [3.8, 4) is 0 Å². The first-order chi connectivity index (χ1) is 13.0. The third kappa shape index (κ3) is 6.83. The topological polar surface area (TPSA) is 174 Å². The molecule has 172 valence electrons. The lowest BCUT2D eigenvalue weighted by atomic mass is 10.0. The van der Waals surface area contributed by atoms with Crippen LogP contribution in [0.2, 0.25) is 0 Å². The predicted octanol–water partition coefficient (Wildman–Crippen LogP) is 2.68. The summed E-state index contributed by atoms with van der Waals surface area (Å²) in [5.74, 6) is -0.126. The summed E-state index contributed by atoms with van der Waals surface area (Å²) in [5.41, 5.74) is 8.72. The van der Waals surface area contributed by atoms with Crippen LogP contribution in [0.3, 0.4) is 0 Å². The van der Waals surface area contributed by atoms with Crippen LogP contribution >= 0.6 is 24.8 Å². The Kier molecular flexibility index (Phi) is 13.2. The summed E-state index contributed by atoms with van der Waals surface area (Å²) in [5, 5.41) is 11.6. The lowest BCUT2D eigenvalue weighted by molar-refractivity contribution is 0.102. The molecule has 2 heterocycles. The normalized spacial score (nSPS) is 10.4. The van der Waals surface area contributed by atoms with Gasteiger partial charge in [-0.1, -0.05) is 19.1 Å². The van der Waals surface area contributed by atoms with Crippen LogP contribution in [0.15, 0.2) is 48.8 Å². The molecule has 0 aliphatic carbocycles. The SMILES string of the molecule is CCCN(C(=N)N)C(C)c1ccc(C(=O)Nc2ccnc3[nH]ccc23)cc1.Cl.Cl.O.O. The number of H-pyrrole nitrogens is 1. The van der Waals surface area contributed by atoms with E-state index in [9.17, 15) is 4.79 Å². The fourth-order valence-electron chi connectivity index (χ4n) is 3.12. The molecule has 31 heavy (non-hydrogen) atoms. The first-order valence-corrected chi connectivity index (χ1v) is 8.95. The zero-order chi connectivity index (χ0) is 19.4. The van der Waals surface area contributed by atoms with Gasteiger partial charge in [0.05, 0.1) is 11.7 Å². The van der Waals surface area contributed by atoms with E-state index in [0.29, 0.717) is 12.1 Å². The van der Waals surface area contributed by atoms with Crippen molar-refractivity contribution in [2.24, 2.45) is 5.73 Å². The Morgan fingerprint density at radius 1 is 1.19 bits per heavy atom. The minimum absolute atomic E-state index is 0. The Morgan fingerprint density at radius 2 is 1.84 bits per heavy atom. The van der Waals surface area contributed by atoms with Crippen molar-refractivity contribution in [3.05, 3.63) is 59.9 Å². The molecule has 11 heteroatoms. The fourth-order valence-corrected chi connectivity index (χ4v) is 3.12. The molecule has 9 N–H and O–H groups in total. The molecule has 1 aromatic carbocycles. The van der Waals surface area contributed by atoms with Gasteiger partial charge in [-0.2, -0.15) is 0 Å². The molecule has 0 spiro atoms. The van der Waals surface area contributed by atoms with E-state index in [0.717, 1.165) is 28.7 Å². The summed E-state index contributed by atoms with van der Waals surface area (Å²) < 4.78 is 0. The Morgan fingerprint density at radius 3 is 2.42 bits per heavy atom. The minimum Gasteiger partial charge on any atom is -0.412 e. The fraction of sp³-hybridized carbons (Fsp3) is 0.250. The number of guanidine groups is 1. The number of nitrogens with zero attached hydrogens (tertiary/aromatic N) is 2. The van der Waals surface area contributed by atoms with E-state index in [1.54, 1.807) is 30.6 Å². The number of benzene rings is 1. The van der Waals surface area contributed by atoms with Crippen LogP contribution in [0.5, 0.6) is 0 Å². The zero-order valence-corrected chi connectivity index (χ0v) is 18.9. The number of anilines is 1. The van der Waals surface area contributed by atoms with E-state index in [4.69, 9.17) is 11.1 Å². The van der Waals surface area contributed by atoms with Crippen LogP contribution in [-0.4, -0.2) is 44.2 Å². The molecule has 0 saturated heterocycles. The highest BCUT2D eigenvalue weighted by atomic mass is 35.5. The molecule has 9 nitrogen and oxygen atoms in total. The number of pyridine rings is 1. The van der Waals surface area contributed by atoms with E-state index in [1.165, 1.54) is 0 Å². The Bertz CT molecular complexity index is 965. The minimum atomic E-state index is -0.181. The van der Waals surface area contributed by atoms with Gasteiger partial charge >= 0.3 is 0 Å². The van der Waals surface area contributed by atoms with Gasteiger partial charge in [0, 0.05) is 29.9 Å². The zero-order valence-electron chi connectivity index (χ0n) is 17.3. The number of carbonyl (C=O) groups is 1. The number of fused-ring (bicyclic) bond motifs is 1. The van der Waals surface area contributed by atoms with Gasteiger partial charge in [-0.15, -0.1) is 24.8 Å². The average Bonchev–Trinajstić information content (AvgIpc) is 3.15. The standard InChI is InChI=1S/C20H24N6O.2ClH.2H2O/c1-3-12-26(20(21)22)13(2)14-4-6-15(7-5-14)19(27)25-17-9-11-24-18-16(17)8-10-23-18;;;;/h4-11,13H,3,12H2,1-2H3,(H3,21,22)(H2,23,24,25,27);2*1H;2*1H2. The summed E-state index contributed by atoms with van der Waals surface area (Å²) >= 11 is 0. The van der Waals surface area contributed by atoms with E-state index in [2.05, 4.69) is 22.2 Å². The maximum Gasteiger partial charge on any atom is 0.255 e. The van der Waals surface area contributed by atoms with E-state index >= 15 is 0 Å². The highest BCUT2D eigenvalue weighted by Crippen LogP contribution is 2.23. The summed E-state index contributed by atoms with van der Waals surface area (Å²) in [4.78, 5) is 21.7. The molecule has 1 unspecified atom stereocenters. The van der Waals surface area contributed by atoms with Crippen molar-refractivity contribution >= 4 is 53.4 Å². The molecular weight excluding hydrogens is 443 g/mol. The molecule has 0 radical (unpaired) electrons. The lowest BCUT2D eigenvalue weighted by Gasteiger charge is -2.29. The van der Waals surface area contributed by atoms with Gasteiger partial charge in [0.25, 0.3) is 5.91 Å². The number of nitrogens with two attached hydrogens (primary N) is 1. The number of carbonyl (C=O) groups excluding carboxylic acids is 1. The second-order valence-electron chi connectivity index (χ2n) is 6.43. The van der Waals surface area contributed by atoms with Crippen LogP contribution in [0.1, 0.15) is 42.2 Å². The number of rotatable bonds is 6. The Balaban J connectivity index is 0. The summed E-state index contributed by atoms with van der Waals surface area (Å²) in [6.07, 6.45) is 4.36. The van der Waals surface area contributed by atoms with Crippen LogP contribution in [0.4, 0.5) is 5.69 Å². The van der Waals surface area contributed by atoms with Crippen molar-refractivity contribution in [3.63, 3.8) is 0 Å². The number of aromatic nitrogens is 2. The van der Waals surface area contributed by atoms with E-state index < -0.39 is 0 Å². The van der Waals surface area contributed by atoms with Gasteiger partial charge in [0.15, 0.2) is 5.96 Å². The van der Waals surface area contributed by atoms with Crippen LogP contribution in [-0.2, 0) is 0 Å². The first-order valence-electron chi connectivity index (χ1n) is 8.95. The van der Waals surface area contributed by atoms with Crippen LogP contribution < -0.4 is 11.1 Å². The lowest BCUT2D eigenvalue weighted by Crippen LogP contribution is -2.38. The molecule has 0 aliphatic heterocycles. The van der Waals surface area contributed by atoms with Crippen molar-refractivity contribution in [1.82, 2.24) is 14.9 Å². The van der Waals surface area contributed by atoms with Crippen molar-refractivity contribution in [2.45, 2.75) is 26.3 Å². The molecule has 2 aromatic heterocycles. The summed E-state index contributed by atoms with van der Waals surface area (Å²) in [7, 11) is 0. The molecule has 0 bridgehead atoms. The van der Waals surface area contributed by atoms with Crippen molar-refractivity contribution < 1.29 is 15.7 Å². The van der Waals surface area contributed by atoms with Crippen LogP contribution in [0.25, 0.3) is 11.0 Å². The number of halogens is 2. The number of amides is 1. The second kappa shape index (κ2) is 13.5. The number of hydrogen-bond donors (Lipinski definition) is 4. The molecule has 1 atom stereocenters. The van der Waals surface area contributed by atoms with Gasteiger partial charge in [-0.25, -0.2) is 4.98 Å². The largest absolute Gasteiger partial charge is 0.412 e. The van der Waals surface area contributed by atoms with Gasteiger partial charge in [0.1, 0.15) is 5.65 Å². The smallest absolute Gasteiger partial charge is 0.255 e. The maximum absolute atomic E-state index is 12.6. The van der Waals surface area contributed by atoms with E-state index in [1.807, 2.05) is 30.0 Å². The molecule has 3 rings (SSSR count). The quantitative estimate of drug-likeness (QED) is 0.318. The Hall–Kier alpha value is -2.85. The molecule has 0 fully saturated rings. The number of aromatic amines is 1. The van der Waals surface area contributed by atoms with Gasteiger partial charge in [-0.05, 0) is 43.2 Å². The van der Waals surface area contributed by atoms with Crippen LogP contribution in [0, 0.1) is 5.41 Å². The first kappa shape index (κ1) is 30.3. The summed E-state index contributed by atoms with van der Waals surface area (Å²) in [6, 6.07) is 11.0. The predicted molar refractivity (Wildman–Crippen MR) is 130 cm³/mol. The number of hydrogen-bond acceptors (Lipinski definition) is 3. The molecule has 1 amide bonds. The highest BCUT2D eigenvalue weighted by Gasteiger charge is 2.17. The van der Waals surface area contributed by atoms with Gasteiger partial charge in [0.2, 0.25) is 0 Å². The third-order valence-electron chi connectivity index (χ3n) is 4.61. The molecule has 0 saturated carbocycles. The highest BCUT2D eigenvalue weighted by molar-refractivity contribution is 6.08.